The molecule has 0 spiro atoms. The third-order valence-corrected chi connectivity index (χ3v) is 6.07. The van der Waals surface area contributed by atoms with Crippen molar-refractivity contribution in [3.63, 3.8) is 0 Å². The van der Waals surface area contributed by atoms with Gasteiger partial charge in [0.15, 0.2) is 0 Å². The van der Waals surface area contributed by atoms with Crippen molar-refractivity contribution < 1.29 is 24.0 Å². The van der Waals surface area contributed by atoms with Crippen molar-refractivity contribution in [3.05, 3.63) is 133 Å². The van der Waals surface area contributed by atoms with Gasteiger partial charge in [-0.05, 0) is 73.7 Å². The number of carbonyl (C=O) groups excluding carboxylic acids is 3. The Kier molecular flexibility index (Phi) is 8.77. The largest absolute Gasteiger partial charge is 0.422 e. The minimum absolute atomic E-state index is 0.128. The summed E-state index contributed by atoms with van der Waals surface area (Å²) in [6.45, 7) is 1.94. The van der Waals surface area contributed by atoms with Crippen LogP contribution in [0.3, 0.4) is 0 Å². The number of halogens is 1. The number of amides is 2. The summed E-state index contributed by atoms with van der Waals surface area (Å²) in [5, 5.41) is 17.6. The van der Waals surface area contributed by atoms with Crippen LogP contribution in [-0.2, 0) is 0 Å². The number of carbonyl (C=O) groups is 3. The summed E-state index contributed by atoms with van der Waals surface area (Å²) >= 11 is 3.34. The Labute approximate surface area is 237 Å². The molecule has 0 aliphatic heterocycles. The number of benzene rings is 4. The molecule has 4 rings (SSSR count). The first kappa shape index (κ1) is 27.9. The van der Waals surface area contributed by atoms with Crippen LogP contribution in [0.25, 0.3) is 0 Å². The molecule has 40 heavy (non-hydrogen) atoms. The van der Waals surface area contributed by atoms with Crippen molar-refractivity contribution in [2.75, 3.05) is 5.32 Å². The summed E-state index contributed by atoms with van der Waals surface area (Å²) in [6, 6.07) is 23.3. The maximum absolute atomic E-state index is 12.6. The van der Waals surface area contributed by atoms with E-state index in [2.05, 4.69) is 31.8 Å². The number of nitrogens with one attached hydrogen (secondary N) is 2. The van der Waals surface area contributed by atoms with E-state index in [0.717, 1.165) is 5.56 Å². The Bertz CT molecular complexity index is 1600. The maximum atomic E-state index is 12.6. The van der Waals surface area contributed by atoms with E-state index in [1.165, 1.54) is 30.5 Å². The molecular formula is C29H21BrN4O6. The fourth-order valence-electron chi connectivity index (χ4n) is 3.43. The van der Waals surface area contributed by atoms with Gasteiger partial charge in [-0.2, -0.15) is 5.10 Å². The number of anilines is 1. The highest BCUT2D eigenvalue weighted by Gasteiger charge is 2.14. The van der Waals surface area contributed by atoms with E-state index in [4.69, 9.17) is 4.74 Å². The van der Waals surface area contributed by atoms with Crippen LogP contribution in [0, 0.1) is 17.0 Å². The number of hydrogen-bond acceptors (Lipinski definition) is 7. The van der Waals surface area contributed by atoms with Crippen LogP contribution in [0.4, 0.5) is 11.4 Å². The third kappa shape index (κ3) is 7.23. The first-order valence-corrected chi connectivity index (χ1v) is 12.6. The predicted molar refractivity (Wildman–Crippen MR) is 153 cm³/mol. The Balaban J connectivity index is 1.38. The lowest BCUT2D eigenvalue weighted by atomic mass is 10.1. The first-order chi connectivity index (χ1) is 19.2. The SMILES string of the molecule is Cc1ccc(C(=O)Nc2ccc(C(=O)N/N=C\c3cc(Br)ccc3OC(=O)c3ccc([N+](=O)[O-])cc3)cc2)cc1. The van der Waals surface area contributed by atoms with Crippen LogP contribution < -0.4 is 15.5 Å². The van der Waals surface area contributed by atoms with E-state index < -0.39 is 16.8 Å². The zero-order valence-corrected chi connectivity index (χ0v) is 22.5. The van der Waals surface area contributed by atoms with Gasteiger partial charge in [0.1, 0.15) is 5.75 Å². The Morgan fingerprint density at radius 3 is 2.10 bits per heavy atom. The van der Waals surface area contributed by atoms with Gasteiger partial charge in [-0.1, -0.05) is 33.6 Å². The number of nitrogens with zero attached hydrogens (tertiary/aromatic N) is 2. The van der Waals surface area contributed by atoms with Crippen molar-refractivity contribution in [1.29, 1.82) is 0 Å². The Morgan fingerprint density at radius 2 is 1.45 bits per heavy atom. The third-order valence-electron chi connectivity index (χ3n) is 5.58. The number of aryl methyl sites for hydroxylation is 1. The molecule has 10 nitrogen and oxygen atoms in total. The molecule has 4 aromatic carbocycles. The average molecular weight is 601 g/mol. The van der Waals surface area contributed by atoms with Crippen LogP contribution in [0.2, 0.25) is 0 Å². The number of nitro groups is 1. The van der Waals surface area contributed by atoms with Crippen LogP contribution in [0.15, 0.2) is 101 Å². The van der Waals surface area contributed by atoms with Crippen molar-refractivity contribution in [2.24, 2.45) is 5.10 Å². The summed E-state index contributed by atoms with van der Waals surface area (Å²) in [5.41, 5.74) is 5.19. The normalized spacial score (nSPS) is 10.7. The second-order valence-corrected chi connectivity index (χ2v) is 9.39. The monoisotopic (exact) mass is 600 g/mol. The summed E-state index contributed by atoms with van der Waals surface area (Å²) in [7, 11) is 0. The number of non-ortho nitro benzene ring substituents is 1. The van der Waals surface area contributed by atoms with E-state index >= 15 is 0 Å². The number of hydrogen-bond donors (Lipinski definition) is 2. The molecule has 200 valence electrons. The Hall–Kier alpha value is -5.16. The predicted octanol–water partition coefficient (Wildman–Crippen LogP) is 5.90. The first-order valence-electron chi connectivity index (χ1n) is 11.8. The van der Waals surface area contributed by atoms with Gasteiger partial charge in [-0.15, -0.1) is 0 Å². The Morgan fingerprint density at radius 1 is 0.850 bits per heavy atom. The molecule has 0 atom stereocenters. The molecule has 0 aliphatic rings. The van der Waals surface area contributed by atoms with E-state index in [9.17, 15) is 24.5 Å². The number of ether oxygens (including phenoxy) is 1. The van der Waals surface area contributed by atoms with Gasteiger partial charge in [0.05, 0.1) is 16.7 Å². The fourth-order valence-corrected chi connectivity index (χ4v) is 3.81. The summed E-state index contributed by atoms with van der Waals surface area (Å²) in [5.74, 6) is -1.31. The smallest absolute Gasteiger partial charge is 0.343 e. The van der Waals surface area contributed by atoms with Gasteiger partial charge in [0, 0.05) is 39.0 Å². The standard InChI is InChI=1S/C29H21BrN4O6/c1-18-2-4-19(5-3-18)27(35)32-24-11-6-20(7-12-24)28(36)33-31-17-22-16-23(30)10-15-26(22)40-29(37)21-8-13-25(14-9-21)34(38)39/h2-17H,1H3,(H,32,35)(H,33,36)/b31-17-. The molecule has 0 heterocycles. The number of hydrazone groups is 1. The zero-order valence-electron chi connectivity index (χ0n) is 21.0. The molecule has 0 saturated heterocycles. The zero-order chi connectivity index (χ0) is 28.6. The van der Waals surface area contributed by atoms with E-state index in [1.807, 2.05) is 19.1 Å². The molecule has 0 bridgehead atoms. The van der Waals surface area contributed by atoms with Crippen LogP contribution in [0.1, 0.15) is 42.2 Å². The molecule has 0 fully saturated rings. The molecule has 2 amide bonds. The van der Waals surface area contributed by atoms with Crippen molar-refractivity contribution in [3.8, 4) is 5.75 Å². The van der Waals surface area contributed by atoms with Gasteiger partial charge in [0.2, 0.25) is 0 Å². The molecule has 0 radical (unpaired) electrons. The number of nitro benzene ring substituents is 1. The summed E-state index contributed by atoms with van der Waals surface area (Å²) < 4.78 is 6.12. The van der Waals surface area contributed by atoms with E-state index in [1.54, 1.807) is 54.6 Å². The van der Waals surface area contributed by atoms with Crippen LogP contribution >= 0.6 is 15.9 Å². The van der Waals surface area contributed by atoms with Crippen molar-refractivity contribution >= 4 is 51.3 Å². The highest BCUT2D eigenvalue weighted by Crippen LogP contribution is 2.23. The van der Waals surface area contributed by atoms with Crippen LogP contribution in [-0.4, -0.2) is 28.9 Å². The number of esters is 1. The maximum Gasteiger partial charge on any atom is 0.343 e. The minimum Gasteiger partial charge on any atom is -0.422 e. The average Bonchev–Trinajstić information content (AvgIpc) is 2.95. The fraction of sp³-hybridized carbons (Fsp3) is 0.0345. The summed E-state index contributed by atoms with van der Waals surface area (Å²) in [6.07, 6.45) is 1.32. The highest BCUT2D eigenvalue weighted by molar-refractivity contribution is 9.10. The van der Waals surface area contributed by atoms with Crippen LogP contribution in [0.5, 0.6) is 5.75 Å². The topological polar surface area (TPSA) is 140 Å². The van der Waals surface area contributed by atoms with Gasteiger partial charge in [0.25, 0.3) is 17.5 Å². The lowest BCUT2D eigenvalue weighted by Gasteiger charge is -2.08. The molecule has 0 aliphatic carbocycles. The molecule has 0 aromatic heterocycles. The minimum atomic E-state index is -0.717. The molecule has 4 aromatic rings. The molecule has 0 saturated carbocycles. The lowest BCUT2D eigenvalue weighted by Crippen LogP contribution is -2.18. The lowest BCUT2D eigenvalue weighted by molar-refractivity contribution is -0.384. The van der Waals surface area contributed by atoms with Gasteiger partial charge in [-0.3, -0.25) is 19.7 Å². The molecule has 11 heteroatoms. The van der Waals surface area contributed by atoms with Gasteiger partial charge >= 0.3 is 5.97 Å². The quantitative estimate of drug-likeness (QED) is 0.0848. The second kappa shape index (κ2) is 12.6. The molecular weight excluding hydrogens is 580 g/mol. The van der Waals surface area contributed by atoms with Crippen molar-refractivity contribution in [1.82, 2.24) is 5.43 Å². The summed E-state index contributed by atoms with van der Waals surface area (Å²) in [4.78, 5) is 47.7. The van der Waals surface area contributed by atoms with Gasteiger partial charge in [-0.25, -0.2) is 10.2 Å². The van der Waals surface area contributed by atoms with E-state index in [-0.39, 0.29) is 22.9 Å². The molecule has 0 unspecified atom stereocenters. The van der Waals surface area contributed by atoms with Gasteiger partial charge < -0.3 is 10.1 Å². The second-order valence-electron chi connectivity index (χ2n) is 8.47. The van der Waals surface area contributed by atoms with E-state index in [0.29, 0.717) is 26.9 Å². The van der Waals surface area contributed by atoms with Crippen molar-refractivity contribution in [2.45, 2.75) is 6.92 Å². The number of rotatable bonds is 8. The highest BCUT2D eigenvalue weighted by atomic mass is 79.9. The molecule has 2 N–H and O–H groups in total.